The van der Waals surface area contributed by atoms with Crippen molar-refractivity contribution in [3.8, 4) is 0 Å². The number of hydrogen-bond donors (Lipinski definition) is 2. The van der Waals surface area contributed by atoms with E-state index in [1.54, 1.807) is 50.2 Å². The standard InChI is InChI=1S/C42H40N2O10S2/c1-5-43-32(28-11-9-13-30-36(55(47,48)49)21-19-34(43)38(28)30)17-15-26-23-27(25-42(24-26,40(45)53-7-3)41(46)54-8-4)16-18-33-29-12-10-14-31-37(56(50,51)52)22-20-35(39(29)31)44(33)6-2/h9-23H,5-8,24-25H2,1-4H3,(H-,47,48,49,50,51,52)/p+1. The van der Waals surface area contributed by atoms with E-state index in [-0.39, 0.29) is 35.8 Å². The van der Waals surface area contributed by atoms with E-state index in [1.807, 2.05) is 65.5 Å². The highest BCUT2D eigenvalue weighted by Crippen LogP contribution is 2.43. The topological polar surface area (TPSA) is 169 Å². The SMILES string of the molecule is CCOC(=O)C1(C(=O)OCC)CC(=CC=c2c3cccc4c(S(=O)(=O)O)ccc(c43)n2CC)C=C(C=CC2=[N+](CC)c3ccc(S(=O)(=O)O)c4cccc2c34)C1. The first-order valence-electron chi connectivity index (χ1n) is 18.3. The Kier molecular flexibility index (Phi) is 10.1. The Balaban J connectivity index is 1.41. The second-order valence-electron chi connectivity index (χ2n) is 13.7. The van der Waals surface area contributed by atoms with Crippen LogP contribution < -0.4 is 5.35 Å². The Hall–Kier alpha value is -5.41. The maximum Gasteiger partial charge on any atom is 0.324 e. The predicted molar refractivity (Wildman–Crippen MR) is 213 cm³/mol. The molecule has 56 heavy (non-hydrogen) atoms. The van der Waals surface area contributed by atoms with Crippen LogP contribution in [0.1, 0.15) is 46.1 Å². The first-order chi connectivity index (χ1) is 26.7. The van der Waals surface area contributed by atoms with Crippen molar-refractivity contribution in [2.75, 3.05) is 19.8 Å². The summed E-state index contributed by atoms with van der Waals surface area (Å²) < 4.78 is 84.1. The van der Waals surface area contributed by atoms with Gasteiger partial charge in [0.25, 0.3) is 20.2 Å². The predicted octanol–water partition coefficient (Wildman–Crippen LogP) is 6.44. The van der Waals surface area contributed by atoms with Crippen LogP contribution in [0, 0.1) is 5.41 Å². The molecule has 5 aromatic rings. The van der Waals surface area contributed by atoms with Crippen LogP contribution in [0.15, 0.2) is 106 Å². The van der Waals surface area contributed by atoms with Crippen molar-refractivity contribution in [2.24, 2.45) is 5.41 Å². The van der Waals surface area contributed by atoms with Crippen molar-refractivity contribution < 1.29 is 49.6 Å². The van der Waals surface area contributed by atoms with Gasteiger partial charge in [-0.1, -0.05) is 48.6 Å². The normalized spacial score (nSPS) is 16.9. The van der Waals surface area contributed by atoms with Crippen molar-refractivity contribution in [3.05, 3.63) is 107 Å². The summed E-state index contributed by atoms with van der Waals surface area (Å²) in [5.41, 5.74) is 2.64. The fraction of sp³-hybridized carbons (Fsp3) is 0.262. The van der Waals surface area contributed by atoms with Crippen LogP contribution >= 0.6 is 0 Å². The lowest BCUT2D eigenvalue weighted by Gasteiger charge is -2.33. The lowest BCUT2D eigenvalue weighted by molar-refractivity contribution is -0.430. The molecule has 1 aliphatic carbocycles. The van der Waals surface area contributed by atoms with Crippen molar-refractivity contribution >= 4 is 82.1 Å². The molecule has 4 aromatic carbocycles. The van der Waals surface area contributed by atoms with E-state index in [0.29, 0.717) is 45.8 Å². The minimum absolute atomic E-state index is 0.0111. The Morgan fingerprint density at radius 1 is 0.768 bits per heavy atom. The first-order valence-corrected chi connectivity index (χ1v) is 21.2. The Labute approximate surface area is 324 Å². The number of rotatable bonds is 11. The highest BCUT2D eigenvalue weighted by atomic mass is 32.2. The molecule has 290 valence electrons. The Bertz CT molecular complexity index is 2880. The van der Waals surface area contributed by atoms with Crippen molar-refractivity contribution in [1.82, 2.24) is 4.57 Å². The van der Waals surface area contributed by atoms with Gasteiger partial charge in [0.05, 0.1) is 24.2 Å². The molecular weight excluding hydrogens is 757 g/mol. The van der Waals surface area contributed by atoms with Crippen LogP contribution in [0.3, 0.4) is 0 Å². The lowest BCUT2D eigenvalue weighted by atomic mass is 9.71. The van der Waals surface area contributed by atoms with E-state index in [2.05, 4.69) is 0 Å². The summed E-state index contributed by atoms with van der Waals surface area (Å²) in [6, 6.07) is 16.7. The van der Waals surface area contributed by atoms with E-state index < -0.39 is 37.6 Å². The van der Waals surface area contributed by atoms with E-state index in [9.17, 15) is 35.5 Å². The Morgan fingerprint density at radius 2 is 1.38 bits per heavy atom. The van der Waals surface area contributed by atoms with Crippen LogP contribution in [0.25, 0.3) is 38.5 Å². The van der Waals surface area contributed by atoms with Gasteiger partial charge in [0.1, 0.15) is 16.3 Å². The minimum Gasteiger partial charge on any atom is -0.465 e. The molecule has 1 aliphatic heterocycles. The number of nitrogens with zero attached hydrogens (tertiary/aromatic N) is 2. The molecule has 0 spiro atoms. The highest BCUT2D eigenvalue weighted by molar-refractivity contribution is 7.86. The molecule has 7 rings (SSSR count). The van der Waals surface area contributed by atoms with Crippen LogP contribution in [-0.2, 0) is 45.8 Å². The number of carbonyl (C=O) groups is 2. The van der Waals surface area contributed by atoms with Gasteiger partial charge in [0.15, 0.2) is 5.41 Å². The molecule has 0 fully saturated rings. The summed E-state index contributed by atoms with van der Waals surface area (Å²) in [5.74, 6) is -1.42. The zero-order chi connectivity index (χ0) is 40.2. The van der Waals surface area contributed by atoms with Gasteiger partial charge in [-0.25, -0.2) is 0 Å². The molecular formula is C42H41N2O10S2+. The zero-order valence-corrected chi connectivity index (χ0v) is 32.9. The molecule has 2 aliphatic rings. The molecule has 0 unspecified atom stereocenters. The summed E-state index contributed by atoms with van der Waals surface area (Å²) in [7, 11) is -8.99. The molecule has 12 nitrogen and oxygen atoms in total. The second kappa shape index (κ2) is 14.6. The fourth-order valence-corrected chi connectivity index (χ4v) is 9.61. The number of hydrogen-bond acceptors (Lipinski definition) is 8. The third-order valence-corrected chi connectivity index (χ3v) is 12.3. The average molecular weight is 798 g/mol. The maximum absolute atomic E-state index is 13.8. The number of carbonyl (C=O) groups excluding carboxylic acids is 2. The fourth-order valence-electron chi connectivity index (χ4n) is 8.24. The molecule has 0 atom stereocenters. The van der Waals surface area contributed by atoms with Gasteiger partial charge in [0.2, 0.25) is 11.4 Å². The second-order valence-corrected chi connectivity index (χ2v) is 16.4. The number of aryl methyl sites for hydroxylation is 1. The van der Waals surface area contributed by atoms with Gasteiger partial charge in [-0.2, -0.15) is 21.4 Å². The first kappa shape index (κ1) is 38.8. The quantitative estimate of drug-likeness (QED) is 0.0657. The summed E-state index contributed by atoms with van der Waals surface area (Å²) >= 11 is 0. The largest absolute Gasteiger partial charge is 0.465 e. The van der Waals surface area contributed by atoms with Gasteiger partial charge in [-0.3, -0.25) is 18.7 Å². The molecule has 0 amide bonds. The van der Waals surface area contributed by atoms with Crippen LogP contribution in [-0.4, -0.2) is 72.5 Å². The van der Waals surface area contributed by atoms with Crippen LogP contribution in [0.5, 0.6) is 0 Å². The van der Waals surface area contributed by atoms with Gasteiger partial charge < -0.3 is 14.0 Å². The van der Waals surface area contributed by atoms with E-state index in [0.717, 1.165) is 33.2 Å². The summed E-state index contributed by atoms with van der Waals surface area (Å²) in [6.45, 7) is 8.45. The molecule has 0 bridgehead atoms. The van der Waals surface area contributed by atoms with Gasteiger partial charge in [-0.05, 0) is 82.0 Å². The van der Waals surface area contributed by atoms with Crippen molar-refractivity contribution in [2.45, 2.75) is 56.9 Å². The maximum atomic E-state index is 13.8. The molecule has 1 aromatic heterocycles. The van der Waals surface area contributed by atoms with E-state index in [4.69, 9.17) is 9.47 Å². The molecule has 14 heteroatoms. The molecule has 0 saturated heterocycles. The summed E-state index contributed by atoms with van der Waals surface area (Å²) in [6.07, 6.45) is 9.31. The highest BCUT2D eigenvalue weighted by Gasteiger charge is 2.51. The number of ether oxygens (including phenoxy) is 2. The third kappa shape index (κ3) is 6.45. The zero-order valence-electron chi connectivity index (χ0n) is 31.3. The van der Waals surface area contributed by atoms with Gasteiger partial charge >= 0.3 is 11.9 Å². The third-order valence-electron chi connectivity index (χ3n) is 10.5. The monoisotopic (exact) mass is 797 g/mol. The lowest BCUT2D eigenvalue weighted by Crippen LogP contribution is -2.44. The number of allylic oxidation sites excluding steroid dienone is 6. The average Bonchev–Trinajstić information content (AvgIpc) is 3.65. The molecule has 0 saturated carbocycles. The number of esters is 2. The van der Waals surface area contributed by atoms with Gasteiger partial charge in [-0.15, -0.1) is 0 Å². The molecule has 2 heterocycles. The van der Waals surface area contributed by atoms with Crippen molar-refractivity contribution in [3.63, 3.8) is 0 Å². The molecule has 0 radical (unpaired) electrons. The number of aromatic nitrogens is 1. The Morgan fingerprint density at radius 3 is 1.98 bits per heavy atom. The van der Waals surface area contributed by atoms with Crippen molar-refractivity contribution in [1.29, 1.82) is 0 Å². The number of benzene rings is 4. The summed E-state index contributed by atoms with van der Waals surface area (Å²) in [4.78, 5) is 27.3. The van der Waals surface area contributed by atoms with Gasteiger partial charge in [0, 0.05) is 51.1 Å². The molecule has 2 N–H and O–H groups in total. The van der Waals surface area contributed by atoms with Crippen LogP contribution in [0.2, 0.25) is 0 Å². The van der Waals surface area contributed by atoms with E-state index in [1.165, 1.54) is 12.1 Å². The van der Waals surface area contributed by atoms with E-state index >= 15 is 0 Å². The smallest absolute Gasteiger partial charge is 0.324 e. The minimum atomic E-state index is -4.49. The summed E-state index contributed by atoms with van der Waals surface area (Å²) in [5, 5.41) is 3.66. The van der Waals surface area contributed by atoms with Crippen LogP contribution in [0.4, 0.5) is 5.69 Å².